The van der Waals surface area contributed by atoms with Crippen LogP contribution in [0.2, 0.25) is 0 Å². The highest BCUT2D eigenvalue weighted by molar-refractivity contribution is 5.78. The first-order valence-corrected chi connectivity index (χ1v) is 3.32. The lowest BCUT2D eigenvalue weighted by atomic mass is 10.5. The maximum atomic E-state index is 9.25. The fourth-order valence-corrected chi connectivity index (χ4v) is 0.0707. The van der Waals surface area contributed by atoms with Crippen molar-refractivity contribution in [3.05, 3.63) is 22.8 Å². The lowest BCUT2D eigenvalue weighted by Gasteiger charge is -1.79. The molecule has 0 aliphatic heterocycles. The van der Waals surface area contributed by atoms with Gasteiger partial charge in [-0.1, -0.05) is 6.58 Å². The van der Waals surface area contributed by atoms with Gasteiger partial charge < -0.3 is 20.5 Å². The van der Waals surface area contributed by atoms with Crippen molar-refractivity contribution < 1.29 is 30.4 Å². The SMILES string of the molecule is C=CC(=O)O.O=[N+]([O-])O.OCCCO. The molecule has 8 heteroatoms. The number of carboxylic acid groups (broad SMARTS) is 1. The summed E-state index contributed by atoms with van der Waals surface area (Å²) in [4.78, 5) is 17.6. The highest BCUT2D eigenvalue weighted by Crippen LogP contribution is 1.65. The van der Waals surface area contributed by atoms with Gasteiger partial charge in [-0.15, -0.1) is 10.1 Å². The minimum Gasteiger partial charge on any atom is -0.478 e. The zero-order valence-corrected chi connectivity index (χ0v) is 7.37. The third kappa shape index (κ3) is 166. The molecule has 8 nitrogen and oxygen atoms in total. The van der Waals surface area contributed by atoms with Gasteiger partial charge in [0.1, 0.15) is 0 Å². The van der Waals surface area contributed by atoms with E-state index in [9.17, 15) is 4.79 Å². The predicted molar refractivity (Wildman–Crippen MR) is 45.4 cm³/mol. The summed E-state index contributed by atoms with van der Waals surface area (Å²) in [6.45, 7) is 3.15. The molecule has 0 radical (unpaired) electrons. The van der Waals surface area contributed by atoms with Gasteiger partial charge in [0.15, 0.2) is 0 Å². The second kappa shape index (κ2) is 17.4. The summed E-state index contributed by atoms with van der Waals surface area (Å²) in [5.74, 6) is -0.981. The highest BCUT2D eigenvalue weighted by Gasteiger charge is 1.73. The number of aliphatic hydroxyl groups excluding tert-OH is 2. The lowest BCUT2D eigenvalue weighted by molar-refractivity contribution is -0.742. The molecular weight excluding hydrogens is 198 g/mol. The normalized spacial score (nSPS) is 7.00. The van der Waals surface area contributed by atoms with Crippen LogP contribution >= 0.6 is 0 Å². The van der Waals surface area contributed by atoms with Gasteiger partial charge in [0, 0.05) is 19.3 Å². The zero-order valence-electron chi connectivity index (χ0n) is 7.37. The summed E-state index contributed by atoms with van der Waals surface area (Å²) < 4.78 is 0. The average molecular weight is 211 g/mol. The van der Waals surface area contributed by atoms with E-state index in [1.165, 1.54) is 0 Å². The van der Waals surface area contributed by atoms with E-state index in [1.807, 2.05) is 0 Å². The van der Waals surface area contributed by atoms with Crippen molar-refractivity contribution in [2.45, 2.75) is 6.42 Å². The van der Waals surface area contributed by atoms with Gasteiger partial charge in [-0.2, -0.15) is 0 Å². The molecule has 0 aromatic carbocycles. The Bertz CT molecular complexity index is 152. The smallest absolute Gasteiger partial charge is 0.327 e. The predicted octanol–water partition coefficient (Wildman–Crippen LogP) is -0.730. The molecule has 0 atom stereocenters. The van der Waals surface area contributed by atoms with Gasteiger partial charge in [0.2, 0.25) is 0 Å². The van der Waals surface area contributed by atoms with E-state index in [0.29, 0.717) is 6.42 Å². The number of aliphatic hydroxyl groups is 2. The molecule has 0 aliphatic rings. The van der Waals surface area contributed by atoms with E-state index in [2.05, 4.69) is 6.58 Å². The van der Waals surface area contributed by atoms with Crippen LogP contribution in [0, 0.1) is 10.1 Å². The molecule has 0 heterocycles. The Labute approximate surface area is 79.8 Å². The maximum Gasteiger partial charge on any atom is 0.327 e. The van der Waals surface area contributed by atoms with E-state index in [4.69, 9.17) is 30.6 Å². The zero-order chi connectivity index (χ0) is 12.0. The number of aliphatic carboxylic acids is 1. The van der Waals surface area contributed by atoms with Crippen molar-refractivity contribution >= 4 is 5.97 Å². The fraction of sp³-hybridized carbons (Fsp3) is 0.500. The fourth-order valence-electron chi connectivity index (χ4n) is 0.0707. The van der Waals surface area contributed by atoms with E-state index in [-0.39, 0.29) is 13.2 Å². The third-order valence-electron chi connectivity index (χ3n) is 0.491. The minimum absolute atomic E-state index is 0.0938. The van der Waals surface area contributed by atoms with Crippen molar-refractivity contribution in [2.75, 3.05) is 13.2 Å². The number of nitrogens with zero attached hydrogens (tertiary/aromatic N) is 1. The number of carboxylic acids is 1. The lowest BCUT2D eigenvalue weighted by Crippen LogP contribution is -1.85. The molecule has 0 saturated carbocycles. The van der Waals surface area contributed by atoms with Crippen molar-refractivity contribution in [2.24, 2.45) is 0 Å². The topological polar surface area (TPSA) is 141 Å². The van der Waals surface area contributed by atoms with E-state index < -0.39 is 11.1 Å². The van der Waals surface area contributed by atoms with E-state index in [0.717, 1.165) is 6.08 Å². The van der Waals surface area contributed by atoms with E-state index >= 15 is 0 Å². The monoisotopic (exact) mass is 211 g/mol. The molecule has 0 rings (SSSR count). The van der Waals surface area contributed by atoms with Crippen LogP contribution in [0.5, 0.6) is 0 Å². The van der Waals surface area contributed by atoms with E-state index in [1.54, 1.807) is 0 Å². The molecule has 0 unspecified atom stereocenters. The molecule has 0 aromatic heterocycles. The van der Waals surface area contributed by atoms with Crippen LogP contribution in [0.3, 0.4) is 0 Å². The van der Waals surface area contributed by atoms with Gasteiger partial charge in [-0.25, -0.2) is 4.79 Å². The van der Waals surface area contributed by atoms with Crippen LogP contribution in [0.15, 0.2) is 12.7 Å². The first-order valence-electron chi connectivity index (χ1n) is 3.32. The van der Waals surface area contributed by atoms with Crippen LogP contribution in [0.4, 0.5) is 0 Å². The summed E-state index contributed by atoms with van der Waals surface area (Å²) in [5, 5.41) is 37.1. The summed E-state index contributed by atoms with van der Waals surface area (Å²) in [5.41, 5.74) is 0. The van der Waals surface area contributed by atoms with Crippen molar-refractivity contribution in [1.29, 1.82) is 0 Å². The van der Waals surface area contributed by atoms with Crippen LogP contribution in [0.1, 0.15) is 6.42 Å². The van der Waals surface area contributed by atoms with Crippen LogP contribution in [-0.2, 0) is 4.79 Å². The number of hydrogen-bond acceptors (Lipinski definition) is 5. The van der Waals surface area contributed by atoms with Crippen LogP contribution in [-0.4, -0.2) is 44.8 Å². The average Bonchev–Trinajstić information content (AvgIpc) is 2.06. The number of hydrogen-bond donors (Lipinski definition) is 4. The maximum absolute atomic E-state index is 9.25. The largest absolute Gasteiger partial charge is 0.478 e. The molecule has 0 aliphatic carbocycles. The van der Waals surface area contributed by atoms with Gasteiger partial charge in [0.25, 0.3) is 5.09 Å². The van der Waals surface area contributed by atoms with Crippen molar-refractivity contribution in [3.8, 4) is 0 Å². The molecule has 0 spiro atoms. The van der Waals surface area contributed by atoms with Crippen LogP contribution < -0.4 is 0 Å². The summed E-state index contributed by atoms with van der Waals surface area (Å²) >= 11 is 0. The molecule has 0 fully saturated rings. The molecule has 0 amide bonds. The Balaban J connectivity index is -0.000000131. The molecule has 0 saturated heterocycles. The molecule has 0 aromatic rings. The summed E-state index contributed by atoms with van der Waals surface area (Å²) in [6.07, 6.45) is 1.33. The second-order valence-electron chi connectivity index (χ2n) is 1.58. The third-order valence-corrected chi connectivity index (χ3v) is 0.491. The Hall–Kier alpha value is -1.67. The quantitative estimate of drug-likeness (QED) is 0.274. The van der Waals surface area contributed by atoms with Gasteiger partial charge in [-0.3, -0.25) is 0 Å². The van der Waals surface area contributed by atoms with Crippen LogP contribution in [0.25, 0.3) is 0 Å². The Morgan fingerprint density at radius 3 is 1.64 bits per heavy atom. The molecule has 0 bridgehead atoms. The Morgan fingerprint density at radius 2 is 1.64 bits per heavy atom. The van der Waals surface area contributed by atoms with Crippen molar-refractivity contribution in [3.63, 3.8) is 0 Å². The minimum atomic E-state index is -1.50. The first-order chi connectivity index (χ1) is 6.42. The first kappa shape index (κ1) is 18.2. The van der Waals surface area contributed by atoms with Crippen molar-refractivity contribution in [1.82, 2.24) is 0 Å². The number of rotatable bonds is 3. The van der Waals surface area contributed by atoms with Gasteiger partial charge in [0.05, 0.1) is 0 Å². The number of carbonyl (C=O) groups is 1. The Kier molecular flexibility index (Phi) is 22.6. The molecular formula is C6H13NO7. The Morgan fingerprint density at radius 1 is 1.43 bits per heavy atom. The van der Waals surface area contributed by atoms with Gasteiger partial charge in [-0.05, 0) is 6.42 Å². The molecule has 14 heavy (non-hydrogen) atoms. The second-order valence-corrected chi connectivity index (χ2v) is 1.58. The summed E-state index contributed by atoms with van der Waals surface area (Å²) in [6, 6.07) is 0. The standard InChI is InChI=1S/C3H4O2.C3H8O2.HNO3/c1-2-3(4)5;4-2-1-3-5;2-1(3)4/h2H,1H2,(H,4,5);4-5H,1-3H2;(H,2,3,4). The highest BCUT2D eigenvalue weighted by atomic mass is 16.9. The molecule has 4 N–H and O–H groups in total. The summed E-state index contributed by atoms with van der Waals surface area (Å²) in [7, 11) is 0. The molecule has 84 valence electrons. The van der Waals surface area contributed by atoms with Gasteiger partial charge >= 0.3 is 5.97 Å².